The zero-order valence-electron chi connectivity index (χ0n) is 9.56. The molecule has 0 aromatic rings. The van der Waals surface area contributed by atoms with Crippen molar-refractivity contribution in [3.05, 3.63) is 24.3 Å². The highest BCUT2D eigenvalue weighted by atomic mass is 32.2. The number of rotatable bonds is 3. The molecule has 90 valence electrons. The van der Waals surface area contributed by atoms with E-state index in [0.29, 0.717) is 6.42 Å². The maximum absolute atomic E-state index is 11.5. The molecule has 1 saturated heterocycles. The van der Waals surface area contributed by atoms with Gasteiger partial charge in [0, 0.05) is 6.08 Å². The van der Waals surface area contributed by atoms with Crippen molar-refractivity contribution < 1.29 is 13.2 Å². The summed E-state index contributed by atoms with van der Waals surface area (Å²) in [5, 5.41) is 2.73. The molecule has 16 heavy (non-hydrogen) atoms. The molecule has 0 aliphatic carbocycles. The second-order valence-corrected chi connectivity index (χ2v) is 6.46. The van der Waals surface area contributed by atoms with E-state index >= 15 is 0 Å². The van der Waals surface area contributed by atoms with Crippen LogP contribution in [0.25, 0.3) is 0 Å². The van der Waals surface area contributed by atoms with Gasteiger partial charge in [0.05, 0.1) is 17.0 Å². The molecule has 0 radical (unpaired) electrons. The van der Waals surface area contributed by atoms with Gasteiger partial charge in [-0.1, -0.05) is 18.2 Å². The monoisotopic (exact) mass is 243 g/mol. The summed E-state index contributed by atoms with van der Waals surface area (Å²) in [6.07, 6.45) is 7.07. The lowest BCUT2D eigenvalue weighted by Gasteiger charge is -2.22. The van der Waals surface area contributed by atoms with Gasteiger partial charge < -0.3 is 5.32 Å². The Morgan fingerprint density at radius 1 is 1.38 bits per heavy atom. The Morgan fingerprint density at radius 3 is 2.56 bits per heavy atom. The molecule has 0 aromatic carbocycles. The van der Waals surface area contributed by atoms with Crippen molar-refractivity contribution in [3.8, 4) is 0 Å². The Bertz CT molecular complexity index is 423. The van der Waals surface area contributed by atoms with Gasteiger partial charge in [-0.3, -0.25) is 4.79 Å². The highest BCUT2D eigenvalue weighted by Crippen LogP contribution is 2.22. The first kappa shape index (κ1) is 13.0. The largest absolute Gasteiger partial charge is 0.346 e. The molecule has 1 heterocycles. The van der Waals surface area contributed by atoms with Crippen molar-refractivity contribution in [2.75, 3.05) is 11.5 Å². The Hall–Kier alpha value is -1.10. The molecule has 5 heteroatoms. The van der Waals surface area contributed by atoms with Gasteiger partial charge in [-0.25, -0.2) is 8.42 Å². The van der Waals surface area contributed by atoms with Crippen LogP contribution in [-0.2, 0) is 14.6 Å². The molecule has 1 aliphatic heterocycles. The lowest BCUT2D eigenvalue weighted by atomic mass is 10.0. The van der Waals surface area contributed by atoms with Crippen LogP contribution >= 0.6 is 0 Å². The van der Waals surface area contributed by atoms with E-state index in [4.69, 9.17) is 0 Å². The number of hydrogen-bond acceptors (Lipinski definition) is 3. The second kappa shape index (κ2) is 4.82. The van der Waals surface area contributed by atoms with Crippen molar-refractivity contribution in [1.29, 1.82) is 0 Å². The number of allylic oxidation sites excluding steroid dienone is 3. The minimum absolute atomic E-state index is 0.0309. The van der Waals surface area contributed by atoms with E-state index in [2.05, 4.69) is 5.32 Å². The highest BCUT2D eigenvalue weighted by Gasteiger charge is 2.38. The lowest BCUT2D eigenvalue weighted by molar-refractivity contribution is -0.117. The van der Waals surface area contributed by atoms with E-state index in [1.807, 2.05) is 13.0 Å². The van der Waals surface area contributed by atoms with E-state index in [1.165, 1.54) is 6.08 Å². The molecule has 1 N–H and O–H groups in total. The SMILES string of the molecule is C/C=C/C=C/C(=O)NC1(C)CCS(=O)(=O)C1. The Kier molecular flexibility index (Phi) is 3.91. The smallest absolute Gasteiger partial charge is 0.244 e. The topological polar surface area (TPSA) is 63.2 Å². The summed E-state index contributed by atoms with van der Waals surface area (Å²) in [4.78, 5) is 11.5. The summed E-state index contributed by atoms with van der Waals surface area (Å²) in [6, 6.07) is 0. The third-order valence-corrected chi connectivity index (χ3v) is 4.38. The summed E-state index contributed by atoms with van der Waals surface area (Å²) in [5.74, 6) is -0.0661. The minimum atomic E-state index is -2.98. The van der Waals surface area contributed by atoms with Gasteiger partial charge >= 0.3 is 0 Å². The molecule has 0 spiro atoms. The van der Waals surface area contributed by atoms with Gasteiger partial charge in [-0.2, -0.15) is 0 Å². The van der Waals surface area contributed by atoms with Crippen LogP contribution in [0.15, 0.2) is 24.3 Å². The summed E-state index contributed by atoms with van der Waals surface area (Å²) in [5.41, 5.74) is -0.615. The number of carbonyl (C=O) groups is 1. The highest BCUT2D eigenvalue weighted by molar-refractivity contribution is 7.91. The summed E-state index contributed by atoms with van der Waals surface area (Å²) in [7, 11) is -2.98. The standard InChI is InChI=1S/C11H17NO3S/c1-3-4-5-6-10(13)12-11(2)7-8-16(14,15)9-11/h3-6H,7-9H2,1-2H3,(H,12,13)/b4-3+,6-5+. The fourth-order valence-corrected chi connectivity index (χ4v) is 3.80. The number of amides is 1. The number of hydrogen-bond donors (Lipinski definition) is 1. The van der Waals surface area contributed by atoms with Crippen LogP contribution in [0.4, 0.5) is 0 Å². The summed E-state index contributed by atoms with van der Waals surface area (Å²) in [6.45, 7) is 3.62. The molecule has 1 aliphatic rings. The second-order valence-electron chi connectivity index (χ2n) is 4.28. The number of sulfone groups is 1. The molecule has 1 unspecified atom stereocenters. The van der Waals surface area contributed by atoms with Gasteiger partial charge in [0.1, 0.15) is 0 Å². The molecule has 1 atom stereocenters. The zero-order chi connectivity index (χ0) is 12.2. The normalized spacial score (nSPS) is 28.9. The molecule has 4 nitrogen and oxygen atoms in total. The molecular formula is C11H17NO3S. The van der Waals surface area contributed by atoms with Crippen LogP contribution in [-0.4, -0.2) is 31.4 Å². The maximum atomic E-state index is 11.5. The summed E-state index contributed by atoms with van der Waals surface area (Å²) < 4.78 is 22.6. The molecule has 0 saturated carbocycles. The molecular weight excluding hydrogens is 226 g/mol. The first-order valence-electron chi connectivity index (χ1n) is 5.19. The Balaban J connectivity index is 2.58. The number of carbonyl (C=O) groups excluding carboxylic acids is 1. The third kappa shape index (κ3) is 3.81. The average Bonchev–Trinajstić information content (AvgIpc) is 2.40. The van der Waals surface area contributed by atoms with Crippen LogP contribution < -0.4 is 5.32 Å². The predicted octanol–water partition coefficient (Wildman–Crippen LogP) is 0.812. The predicted molar refractivity (Wildman–Crippen MR) is 63.8 cm³/mol. The van der Waals surface area contributed by atoms with Crippen molar-refractivity contribution in [1.82, 2.24) is 5.32 Å². The van der Waals surface area contributed by atoms with Crippen molar-refractivity contribution >= 4 is 15.7 Å². The maximum Gasteiger partial charge on any atom is 0.244 e. The fraction of sp³-hybridized carbons (Fsp3) is 0.545. The van der Waals surface area contributed by atoms with Gasteiger partial charge in [0.15, 0.2) is 9.84 Å². The summed E-state index contributed by atoms with van der Waals surface area (Å²) >= 11 is 0. The van der Waals surface area contributed by atoms with Crippen LogP contribution in [0.3, 0.4) is 0 Å². The van der Waals surface area contributed by atoms with Crippen LogP contribution in [0.1, 0.15) is 20.3 Å². The first-order valence-corrected chi connectivity index (χ1v) is 7.01. The first-order chi connectivity index (χ1) is 7.37. The average molecular weight is 243 g/mol. The molecule has 0 aromatic heterocycles. The fourth-order valence-electron chi connectivity index (χ4n) is 1.70. The van der Waals surface area contributed by atoms with Gasteiger partial charge in [-0.15, -0.1) is 0 Å². The Labute approximate surface area is 96.3 Å². The van der Waals surface area contributed by atoms with Crippen molar-refractivity contribution in [2.45, 2.75) is 25.8 Å². The molecule has 1 rings (SSSR count). The van der Waals surface area contributed by atoms with Crippen molar-refractivity contribution in [2.24, 2.45) is 0 Å². The third-order valence-electron chi connectivity index (χ3n) is 2.48. The van der Waals surface area contributed by atoms with Crippen LogP contribution in [0.2, 0.25) is 0 Å². The van der Waals surface area contributed by atoms with Crippen molar-refractivity contribution in [3.63, 3.8) is 0 Å². The van der Waals surface area contributed by atoms with E-state index in [0.717, 1.165) is 0 Å². The number of nitrogens with one attached hydrogen (secondary N) is 1. The minimum Gasteiger partial charge on any atom is -0.346 e. The van der Waals surface area contributed by atoms with Gasteiger partial charge in [0.2, 0.25) is 5.91 Å². The van der Waals surface area contributed by atoms with E-state index in [1.54, 1.807) is 19.1 Å². The van der Waals surface area contributed by atoms with E-state index in [9.17, 15) is 13.2 Å². The molecule has 1 fully saturated rings. The van der Waals surface area contributed by atoms with Crippen LogP contribution in [0.5, 0.6) is 0 Å². The lowest BCUT2D eigenvalue weighted by Crippen LogP contribution is -2.46. The van der Waals surface area contributed by atoms with E-state index < -0.39 is 15.4 Å². The van der Waals surface area contributed by atoms with Gasteiger partial charge in [-0.05, 0) is 20.3 Å². The zero-order valence-corrected chi connectivity index (χ0v) is 10.4. The van der Waals surface area contributed by atoms with Crippen LogP contribution in [0, 0.1) is 0 Å². The Morgan fingerprint density at radius 2 is 2.06 bits per heavy atom. The van der Waals surface area contributed by atoms with E-state index in [-0.39, 0.29) is 17.4 Å². The van der Waals surface area contributed by atoms with Gasteiger partial charge in [0.25, 0.3) is 0 Å². The molecule has 1 amide bonds. The quantitative estimate of drug-likeness (QED) is 0.589. The molecule has 0 bridgehead atoms.